The number of nitriles is 1. The smallest absolute Gasteiger partial charge is 0.228 e. The minimum Gasteiger partial charge on any atom is -0.507 e. The zero-order chi connectivity index (χ0) is 25.5. The second-order valence-corrected chi connectivity index (χ2v) is 9.19. The summed E-state index contributed by atoms with van der Waals surface area (Å²) >= 11 is 0. The van der Waals surface area contributed by atoms with Gasteiger partial charge in [0, 0.05) is 49.1 Å². The number of aromatic hydroxyl groups is 1. The van der Waals surface area contributed by atoms with Crippen LogP contribution in [0, 0.1) is 24.2 Å². The summed E-state index contributed by atoms with van der Waals surface area (Å²) in [5.41, 5.74) is 8.93. The molecule has 2 atom stereocenters. The van der Waals surface area contributed by atoms with E-state index in [0.717, 1.165) is 41.6 Å². The van der Waals surface area contributed by atoms with Crippen LogP contribution in [0.5, 0.6) is 11.5 Å². The molecule has 1 aromatic carbocycles. The molecule has 3 heterocycles. The summed E-state index contributed by atoms with van der Waals surface area (Å²) < 4.78 is 7.64. The van der Waals surface area contributed by atoms with Crippen LogP contribution in [-0.2, 0) is 6.54 Å². The molecule has 2 unspecified atom stereocenters. The van der Waals surface area contributed by atoms with Crippen molar-refractivity contribution in [1.82, 2.24) is 19.7 Å². The minimum atomic E-state index is -1.38. The molecule has 0 saturated carbocycles. The zero-order valence-electron chi connectivity index (χ0n) is 20.6. The van der Waals surface area contributed by atoms with Crippen molar-refractivity contribution < 1.29 is 14.9 Å². The molecule has 4 N–H and O–H groups in total. The van der Waals surface area contributed by atoms with E-state index in [0.29, 0.717) is 26.6 Å². The van der Waals surface area contributed by atoms with Crippen molar-refractivity contribution >= 4 is 19.7 Å². The molecule has 1 aliphatic rings. The van der Waals surface area contributed by atoms with Gasteiger partial charge in [0.15, 0.2) is 11.6 Å². The van der Waals surface area contributed by atoms with E-state index in [1.165, 1.54) is 0 Å². The van der Waals surface area contributed by atoms with Crippen molar-refractivity contribution in [2.24, 2.45) is 5.92 Å². The van der Waals surface area contributed by atoms with E-state index in [1.807, 2.05) is 44.4 Å². The number of phenolic OH excluding ortho intramolecular Hbond substituents is 1. The number of hydrogen-bond donors (Lipinski definition) is 3. The van der Waals surface area contributed by atoms with Crippen molar-refractivity contribution in [2.45, 2.75) is 33.6 Å². The van der Waals surface area contributed by atoms with E-state index in [9.17, 15) is 10.2 Å². The number of ether oxygens (including phenoxy) is 1. The van der Waals surface area contributed by atoms with Gasteiger partial charge in [-0.05, 0) is 36.6 Å². The number of nitrogens with zero attached hydrogens (tertiary/aromatic N) is 5. The Kier molecular flexibility index (Phi) is 9.05. The van der Waals surface area contributed by atoms with Crippen LogP contribution >= 0.6 is 8.58 Å². The van der Waals surface area contributed by atoms with Crippen LogP contribution in [0.1, 0.15) is 31.3 Å². The molecule has 1 fully saturated rings. The highest BCUT2D eigenvalue weighted by atomic mass is 31.1. The number of benzene rings is 1. The molecule has 2 aromatic heterocycles. The number of aliphatic hydroxyl groups excluding tert-OH is 1. The van der Waals surface area contributed by atoms with Crippen molar-refractivity contribution in [3.8, 4) is 28.7 Å². The number of nitrogen functional groups attached to an aromatic ring is 1. The Morgan fingerprint density at radius 1 is 1.29 bits per heavy atom. The molecule has 35 heavy (non-hydrogen) atoms. The Labute approximate surface area is 207 Å². The maximum Gasteiger partial charge on any atom is 0.228 e. The monoisotopic (exact) mass is 496 g/mol. The first-order valence-corrected chi connectivity index (χ1v) is 13.1. The van der Waals surface area contributed by atoms with Gasteiger partial charge in [-0.3, -0.25) is 9.58 Å². The van der Waals surface area contributed by atoms with Crippen molar-refractivity contribution in [2.75, 3.05) is 32.0 Å². The van der Waals surface area contributed by atoms with Gasteiger partial charge in [0.1, 0.15) is 5.75 Å². The Morgan fingerprint density at radius 3 is 2.71 bits per heavy atom. The lowest BCUT2D eigenvalue weighted by atomic mass is 10.0. The predicted molar refractivity (Wildman–Crippen MR) is 139 cm³/mol. The SMILES string of the molecule is CC.CPc1c(C)ccc(O)c1C(O)Oc1cc(-c2cnn(CC3CN(CC#N)C3)c2)cnc1N. The summed E-state index contributed by atoms with van der Waals surface area (Å²) in [5.74, 6) is 0.820. The number of nitrogens with two attached hydrogens (primary N) is 1. The van der Waals surface area contributed by atoms with Gasteiger partial charge in [0.2, 0.25) is 6.29 Å². The van der Waals surface area contributed by atoms with Crippen LogP contribution in [0.2, 0.25) is 0 Å². The molecule has 0 radical (unpaired) electrons. The molecule has 0 aliphatic carbocycles. The van der Waals surface area contributed by atoms with Crippen molar-refractivity contribution in [3.05, 3.63) is 47.9 Å². The number of anilines is 1. The molecular weight excluding hydrogens is 463 g/mol. The van der Waals surface area contributed by atoms with E-state index >= 15 is 0 Å². The zero-order valence-corrected chi connectivity index (χ0v) is 21.6. The third-order valence-electron chi connectivity index (χ3n) is 5.79. The summed E-state index contributed by atoms with van der Waals surface area (Å²) in [7, 11) is 0.376. The number of hydrogen-bond acceptors (Lipinski definition) is 8. The number of aromatic nitrogens is 3. The molecule has 4 rings (SSSR count). The first-order chi connectivity index (χ1) is 16.9. The fourth-order valence-electron chi connectivity index (χ4n) is 4.08. The largest absolute Gasteiger partial charge is 0.507 e. The lowest BCUT2D eigenvalue weighted by molar-refractivity contribution is -0.0197. The van der Waals surface area contributed by atoms with Gasteiger partial charge < -0.3 is 20.7 Å². The molecule has 1 saturated heterocycles. The fourth-order valence-corrected chi connectivity index (χ4v) is 5.08. The van der Waals surface area contributed by atoms with Crippen molar-refractivity contribution in [1.29, 1.82) is 5.26 Å². The maximum absolute atomic E-state index is 10.8. The Hall–Kier alpha value is -3.18. The first kappa shape index (κ1) is 26.4. The lowest BCUT2D eigenvalue weighted by Crippen LogP contribution is -2.48. The highest BCUT2D eigenvalue weighted by molar-refractivity contribution is 7.46. The molecule has 9 nitrogen and oxygen atoms in total. The number of aryl methyl sites for hydroxylation is 1. The molecule has 0 bridgehead atoms. The summed E-state index contributed by atoms with van der Waals surface area (Å²) in [6.07, 6.45) is 3.94. The van der Waals surface area contributed by atoms with E-state index in [2.05, 4.69) is 21.1 Å². The standard InChI is InChI=1S/C23H27N6O3P.C2H6/c1-14-3-4-18(30)20(21(14)33-2)23(31)32-19-7-16(8-26-22(19)25)17-9-27-29(13-17)12-15-10-28(11-15)6-5-24;1-2/h3-4,7-9,13,15,23,30-31,33H,6,10-12H2,1-2H3,(H2,25,26);1-2H3. The van der Waals surface area contributed by atoms with Gasteiger partial charge in [-0.2, -0.15) is 10.4 Å². The molecule has 1 aliphatic heterocycles. The highest BCUT2D eigenvalue weighted by Gasteiger charge is 2.27. The number of rotatable bonds is 8. The number of pyridine rings is 1. The quantitative estimate of drug-likeness (QED) is 0.246. The molecular formula is C25H33N6O3P. The number of phenols is 1. The van der Waals surface area contributed by atoms with Gasteiger partial charge in [-0.1, -0.05) is 28.5 Å². The Morgan fingerprint density at radius 2 is 2.03 bits per heavy atom. The lowest BCUT2D eigenvalue weighted by Gasteiger charge is -2.37. The van der Waals surface area contributed by atoms with Crippen LogP contribution in [0.15, 0.2) is 36.8 Å². The Balaban J connectivity index is 0.00000167. The van der Waals surface area contributed by atoms with E-state index < -0.39 is 6.29 Å². The average Bonchev–Trinajstić information content (AvgIpc) is 3.30. The number of aliphatic hydroxyl groups is 1. The summed E-state index contributed by atoms with van der Waals surface area (Å²) in [4.78, 5) is 6.32. The fraction of sp³-hybridized carbons (Fsp3) is 0.400. The van der Waals surface area contributed by atoms with E-state index in [4.69, 9.17) is 15.7 Å². The maximum atomic E-state index is 10.8. The van der Waals surface area contributed by atoms with Gasteiger partial charge in [0.05, 0.1) is 24.4 Å². The van der Waals surface area contributed by atoms with Crippen molar-refractivity contribution in [3.63, 3.8) is 0 Å². The normalized spacial score (nSPS) is 14.7. The van der Waals surface area contributed by atoms with Gasteiger partial charge >= 0.3 is 0 Å². The topological polar surface area (TPSA) is 133 Å². The second kappa shape index (κ2) is 12.0. The summed E-state index contributed by atoms with van der Waals surface area (Å²) in [5, 5.41) is 35.2. The highest BCUT2D eigenvalue weighted by Crippen LogP contribution is 2.33. The molecule has 3 aromatic rings. The van der Waals surface area contributed by atoms with Crippen LogP contribution in [0.3, 0.4) is 0 Å². The summed E-state index contributed by atoms with van der Waals surface area (Å²) in [6.45, 7) is 11.0. The molecule has 186 valence electrons. The number of likely N-dealkylation sites (tertiary alicyclic amines) is 1. The predicted octanol–water partition coefficient (Wildman–Crippen LogP) is 3.03. The average molecular weight is 497 g/mol. The Bertz CT molecular complexity index is 1190. The minimum absolute atomic E-state index is 0.0225. The summed E-state index contributed by atoms with van der Waals surface area (Å²) in [6, 6.07) is 7.25. The second-order valence-electron chi connectivity index (χ2n) is 8.19. The van der Waals surface area contributed by atoms with Crippen LogP contribution < -0.4 is 15.8 Å². The van der Waals surface area contributed by atoms with Gasteiger partial charge in [-0.25, -0.2) is 4.98 Å². The van der Waals surface area contributed by atoms with Crippen LogP contribution in [0.25, 0.3) is 11.1 Å². The first-order valence-electron chi connectivity index (χ1n) is 11.6. The van der Waals surface area contributed by atoms with E-state index in [-0.39, 0.29) is 17.3 Å². The van der Waals surface area contributed by atoms with E-state index in [1.54, 1.807) is 24.5 Å². The van der Waals surface area contributed by atoms with Crippen LogP contribution in [0.4, 0.5) is 5.82 Å². The molecule has 10 heteroatoms. The van der Waals surface area contributed by atoms with Crippen LogP contribution in [-0.4, -0.2) is 56.2 Å². The third-order valence-corrected chi connectivity index (χ3v) is 6.95. The third kappa shape index (κ3) is 6.09. The van der Waals surface area contributed by atoms with Gasteiger partial charge in [0.25, 0.3) is 0 Å². The molecule has 0 spiro atoms. The van der Waals surface area contributed by atoms with Gasteiger partial charge in [-0.15, -0.1) is 0 Å². The molecule has 0 amide bonds.